The fraction of sp³-hybridized carbons (Fsp3) is 0. The summed E-state index contributed by atoms with van der Waals surface area (Å²) < 4.78 is 95.3. The molecule has 0 unspecified atom stereocenters. The van der Waals surface area contributed by atoms with Gasteiger partial charge in [-0.1, -0.05) is 0 Å². The Morgan fingerprint density at radius 3 is 1.07 bits per heavy atom. The van der Waals surface area contributed by atoms with Crippen LogP contribution in [0, 0.1) is 0 Å². The van der Waals surface area contributed by atoms with Gasteiger partial charge in [0.15, 0.2) is 0 Å². The van der Waals surface area contributed by atoms with Crippen molar-refractivity contribution in [3.63, 3.8) is 0 Å². The maximum absolute atomic E-state index is 9.75. The Balaban J connectivity index is -0.000000208. The zero-order valence-electron chi connectivity index (χ0n) is 6.84. The number of hydrogen-bond acceptors (Lipinski definition) is 5. The predicted octanol–water partition coefficient (Wildman–Crippen LogP) is -0.250. The molecule has 0 spiro atoms. The van der Waals surface area contributed by atoms with Crippen molar-refractivity contribution in [3.05, 3.63) is 0 Å². The molecular weight excluding hydrogens is 303 g/mol. The first kappa shape index (κ1) is 16.4. The van der Waals surface area contributed by atoms with Crippen molar-refractivity contribution in [3.8, 4) is 0 Å². The third-order valence-corrected chi connectivity index (χ3v) is 2.92. The van der Waals surface area contributed by atoms with Gasteiger partial charge in [0.1, 0.15) is 0 Å². The SMILES string of the molecule is F[B-](F)(F)F.[H+].[O]=[Cr](=[O])([OH])[O][Cr](=[O])(=[O])[OH]. The van der Waals surface area contributed by atoms with Gasteiger partial charge < -0.3 is 17.3 Å². The van der Waals surface area contributed by atoms with E-state index < -0.39 is 34.5 Å². The Morgan fingerprint density at radius 1 is 0.929 bits per heavy atom. The van der Waals surface area contributed by atoms with E-state index in [1.165, 1.54) is 0 Å². The summed E-state index contributed by atoms with van der Waals surface area (Å²) in [6, 6.07) is 0. The van der Waals surface area contributed by atoms with E-state index >= 15 is 0 Å². The summed E-state index contributed by atoms with van der Waals surface area (Å²) in [5, 5.41) is 0. The third kappa shape index (κ3) is 40.5. The fourth-order valence-corrected chi connectivity index (χ4v) is 1.85. The van der Waals surface area contributed by atoms with Crippen molar-refractivity contribution >= 4 is 7.25 Å². The van der Waals surface area contributed by atoms with Gasteiger partial charge in [0.2, 0.25) is 0 Å². The Morgan fingerprint density at radius 2 is 1.07 bits per heavy atom. The van der Waals surface area contributed by atoms with Crippen LogP contribution in [0.1, 0.15) is 1.43 Å². The molecule has 0 atom stereocenters. The first-order valence-electron chi connectivity index (χ1n) is 2.24. The van der Waals surface area contributed by atoms with E-state index in [1.807, 2.05) is 0 Å². The third-order valence-electron chi connectivity index (χ3n) is 0.172. The molecule has 0 radical (unpaired) electrons. The fourth-order valence-electron chi connectivity index (χ4n) is 0.109. The van der Waals surface area contributed by atoms with Crippen LogP contribution >= 0.6 is 0 Å². The second-order valence-electron chi connectivity index (χ2n) is 1.42. The van der Waals surface area contributed by atoms with Crippen LogP contribution in [0.25, 0.3) is 0 Å². The van der Waals surface area contributed by atoms with Crippen LogP contribution < -0.4 is 0 Å². The van der Waals surface area contributed by atoms with Crippen molar-refractivity contribution in [2.24, 2.45) is 0 Å². The average molecular weight is 306 g/mol. The molecule has 14 heteroatoms. The second kappa shape index (κ2) is 5.14. The quantitative estimate of drug-likeness (QED) is 0.533. The standard InChI is InChI=1S/BF4.2Cr.2H2O.5O/c2-1(3,4)5;;;;;;;;;/h;;;2*1H2;;;;;/q-1;2*+1;;;;;;;/p-1. The zero-order chi connectivity index (χ0) is 12.2. The summed E-state index contributed by atoms with van der Waals surface area (Å²) in [4.78, 5) is 0. The Bertz CT molecular complexity index is 317. The summed E-state index contributed by atoms with van der Waals surface area (Å²) in [5.41, 5.74) is 0. The van der Waals surface area contributed by atoms with E-state index in [4.69, 9.17) is 8.32 Å². The van der Waals surface area contributed by atoms with Crippen LogP contribution in [0.5, 0.6) is 0 Å². The van der Waals surface area contributed by atoms with Gasteiger partial charge in [-0.15, -0.1) is 0 Å². The molecule has 2 N–H and O–H groups in total. The monoisotopic (exact) mass is 306 g/mol. The molecule has 0 aromatic heterocycles. The van der Waals surface area contributed by atoms with E-state index in [0.29, 0.717) is 0 Å². The zero-order valence-corrected chi connectivity index (χ0v) is 8.39. The van der Waals surface area contributed by atoms with Gasteiger partial charge >= 0.3 is 62.3 Å². The Kier molecular flexibility index (Phi) is 6.00. The van der Waals surface area contributed by atoms with Gasteiger partial charge in [0.05, 0.1) is 0 Å². The van der Waals surface area contributed by atoms with Gasteiger partial charge in [-0.3, -0.25) is 0 Å². The van der Waals surface area contributed by atoms with E-state index in [9.17, 15) is 32.5 Å². The van der Waals surface area contributed by atoms with Crippen molar-refractivity contribution < 1.29 is 72.3 Å². The molecule has 0 aromatic carbocycles. The van der Waals surface area contributed by atoms with Gasteiger partial charge in [0, 0.05) is 0 Å². The van der Waals surface area contributed by atoms with Crippen LogP contribution in [-0.4, -0.2) is 15.6 Å². The summed E-state index contributed by atoms with van der Waals surface area (Å²) in [6.07, 6.45) is 0. The van der Waals surface area contributed by atoms with Gasteiger partial charge in [0.25, 0.3) is 0 Å². The molecular formula is H3BCr2F4O7. The minimum atomic E-state index is -6.00. The molecule has 14 heavy (non-hydrogen) atoms. The first-order chi connectivity index (χ1) is 5.71. The molecule has 0 heterocycles. The van der Waals surface area contributed by atoms with Crippen LogP contribution in [0.3, 0.4) is 0 Å². The van der Waals surface area contributed by atoms with Gasteiger partial charge in [-0.05, 0) is 0 Å². The molecule has 0 rings (SSSR count). The van der Waals surface area contributed by atoms with E-state index in [2.05, 4.69) is 2.84 Å². The van der Waals surface area contributed by atoms with Crippen LogP contribution in [0.4, 0.5) is 17.3 Å². The molecule has 0 aliphatic rings. The Hall–Kier alpha value is -0.0701. The molecule has 0 aromatic rings. The second-order valence-corrected chi connectivity index (χ2v) is 5.18. The number of halogens is 4. The summed E-state index contributed by atoms with van der Waals surface area (Å²) in [6.45, 7) is 0. The van der Waals surface area contributed by atoms with E-state index in [-0.39, 0.29) is 1.43 Å². The molecule has 88 valence electrons. The molecule has 0 saturated heterocycles. The van der Waals surface area contributed by atoms with E-state index in [1.54, 1.807) is 0 Å². The van der Waals surface area contributed by atoms with Gasteiger partial charge in [-0.25, -0.2) is 0 Å². The topological polar surface area (TPSA) is 118 Å². The number of hydrogen-bond donors (Lipinski definition) is 2. The summed E-state index contributed by atoms with van der Waals surface area (Å²) in [7, 11) is -6.00. The molecule has 0 saturated carbocycles. The van der Waals surface area contributed by atoms with Crippen LogP contribution in [0.15, 0.2) is 0 Å². The average Bonchev–Trinajstić information content (AvgIpc) is 1.42. The van der Waals surface area contributed by atoms with Crippen molar-refractivity contribution in [2.45, 2.75) is 0 Å². The summed E-state index contributed by atoms with van der Waals surface area (Å²) >= 11 is -11.5. The predicted molar refractivity (Wildman–Crippen MR) is 19.6 cm³/mol. The maximum atomic E-state index is 9.75. The first-order valence-corrected chi connectivity index (χ1v) is 6.50. The van der Waals surface area contributed by atoms with Crippen molar-refractivity contribution in [2.75, 3.05) is 0 Å². The minimum absolute atomic E-state index is 0. The van der Waals surface area contributed by atoms with Crippen molar-refractivity contribution in [1.82, 2.24) is 0 Å². The molecule has 0 aliphatic carbocycles. The molecule has 0 aliphatic heterocycles. The van der Waals surface area contributed by atoms with Crippen molar-refractivity contribution in [1.29, 1.82) is 0 Å². The molecule has 0 bridgehead atoms. The van der Waals surface area contributed by atoms with E-state index in [0.717, 1.165) is 0 Å². The molecule has 7 nitrogen and oxygen atoms in total. The van der Waals surface area contributed by atoms with Crippen LogP contribution in [0.2, 0.25) is 0 Å². The van der Waals surface area contributed by atoms with Gasteiger partial charge in [-0.2, -0.15) is 0 Å². The normalized spacial score (nSPS) is 13.0. The Labute approximate surface area is 80.0 Å². The molecule has 0 fully saturated rings. The number of rotatable bonds is 2. The summed E-state index contributed by atoms with van der Waals surface area (Å²) in [5.74, 6) is 0. The molecule has 0 amide bonds. The van der Waals surface area contributed by atoms with Crippen LogP contribution in [-0.2, 0) is 45.3 Å².